The number of nitrogens with one attached hydrogen (secondary N) is 1. The molecule has 5 nitrogen and oxygen atoms in total. The molecule has 1 atom stereocenters. The number of hydrogen-bond donors (Lipinski definition) is 1. The number of rotatable bonds is 5. The van der Waals surface area contributed by atoms with E-state index in [0.717, 1.165) is 38.2 Å². The Morgan fingerprint density at radius 1 is 1.42 bits per heavy atom. The molecule has 0 amide bonds. The van der Waals surface area contributed by atoms with E-state index < -0.39 is 5.60 Å². The molecule has 0 aliphatic carbocycles. The highest BCUT2D eigenvalue weighted by atomic mass is 16.5. The zero-order chi connectivity index (χ0) is 13.9. The highest BCUT2D eigenvalue weighted by Gasteiger charge is 2.39. The normalized spacial score (nSPS) is 24.6. The Kier molecular flexibility index (Phi) is 4.26. The number of aromatic nitrogens is 2. The molecule has 1 unspecified atom stereocenters. The van der Waals surface area contributed by atoms with E-state index in [1.807, 2.05) is 20.8 Å². The van der Waals surface area contributed by atoms with Crippen molar-refractivity contribution in [2.24, 2.45) is 0 Å². The van der Waals surface area contributed by atoms with Gasteiger partial charge in [0.05, 0.1) is 5.41 Å². The van der Waals surface area contributed by atoms with Crippen LogP contribution < -0.4 is 5.32 Å². The van der Waals surface area contributed by atoms with E-state index in [4.69, 9.17) is 9.26 Å². The Balaban J connectivity index is 2.24. The molecule has 1 aromatic rings. The lowest BCUT2D eigenvalue weighted by atomic mass is 9.78. The first-order valence-electron chi connectivity index (χ1n) is 7.23. The molecule has 1 fully saturated rings. The molecule has 2 rings (SSSR count). The summed E-state index contributed by atoms with van der Waals surface area (Å²) >= 11 is 0. The van der Waals surface area contributed by atoms with Crippen LogP contribution in [0.5, 0.6) is 0 Å². The van der Waals surface area contributed by atoms with E-state index in [-0.39, 0.29) is 5.41 Å². The standard InChI is InChI=1S/C14H25N3O2/c1-5-14(8-7-9-15-10-14)12-16-11(17-19-12)13(3,4)18-6-2/h15H,5-10H2,1-4H3. The minimum Gasteiger partial charge on any atom is -0.368 e. The molecule has 5 heteroatoms. The van der Waals surface area contributed by atoms with Gasteiger partial charge in [0.1, 0.15) is 5.60 Å². The Labute approximate surface area is 115 Å². The summed E-state index contributed by atoms with van der Waals surface area (Å²) in [6, 6.07) is 0. The van der Waals surface area contributed by atoms with Gasteiger partial charge in [-0.15, -0.1) is 0 Å². The molecule has 0 radical (unpaired) electrons. The fourth-order valence-electron chi connectivity index (χ4n) is 2.71. The topological polar surface area (TPSA) is 60.2 Å². The van der Waals surface area contributed by atoms with Gasteiger partial charge in [-0.3, -0.25) is 0 Å². The van der Waals surface area contributed by atoms with Gasteiger partial charge in [0.25, 0.3) is 0 Å². The summed E-state index contributed by atoms with van der Waals surface area (Å²) in [5.74, 6) is 1.40. The molecule has 1 aliphatic rings. The average molecular weight is 267 g/mol. The molecule has 0 aromatic carbocycles. The van der Waals surface area contributed by atoms with Crippen molar-refractivity contribution in [1.82, 2.24) is 15.5 Å². The van der Waals surface area contributed by atoms with Crippen LogP contribution in [0.25, 0.3) is 0 Å². The van der Waals surface area contributed by atoms with Crippen molar-refractivity contribution < 1.29 is 9.26 Å². The van der Waals surface area contributed by atoms with Crippen molar-refractivity contribution in [3.8, 4) is 0 Å². The number of piperidine rings is 1. The smallest absolute Gasteiger partial charge is 0.234 e. The number of ether oxygens (including phenoxy) is 1. The zero-order valence-electron chi connectivity index (χ0n) is 12.5. The van der Waals surface area contributed by atoms with Gasteiger partial charge in [-0.2, -0.15) is 4.98 Å². The molecule has 0 spiro atoms. The van der Waals surface area contributed by atoms with Crippen LogP contribution in [0.2, 0.25) is 0 Å². The van der Waals surface area contributed by atoms with E-state index in [1.165, 1.54) is 0 Å². The van der Waals surface area contributed by atoms with Gasteiger partial charge in [-0.25, -0.2) is 0 Å². The molecule has 0 bridgehead atoms. The molecule has 108 valence electrons. The van der Waals surface area contributed by atoms with E-state index >= 15 is 0 Å². The van der Waals surface area contributed by atoms with Gasteiger partial charge in [0, 0.05) is 13.2 Å². The summed E-state index contributed by atoms with van der Waals surface area (Å²) in [5, 5.41) is 7.57. The molecule has 1 N–H and O–H groups in total. The minimum atomic E-state index is -0.493. The second-order valence-electron chi connectivity index (χ2n) is 5.78. The van der Waals surface area contributed by atoms with Gasteiger partial charge in [-0.05, 0) is 46.6 Å². The van der Waals surface area contributed by atoms with Crippen LogP contribution in [0.1, 0.15) is 58.7 Å². The van der Waals surface area contributed by atoms with Gasteiger partial charge < -0.3 is 14.6 Å². The summed E-state index contributed by atoms with van der Waals surface area (Å²) in [4.78, 5) is 4.62. The van der Waals surface area contributed by atoms with Crippen molar-refractivity contribution in [2.75, 3.05) is 19.7 Å². The Morgan fingerprint density at radius 2 is 2.21 bits per heavy atom. The van der Waals surface area contributed by atoms with Gasteiger partial charge in [-0.1, -0.05) is 12.1 Å². The van der Waals surface area contributed by atoms with Crippen LogP contribution in [0.4, 0.5) is 0 Å². The lowest BCUT2D eigenvalue weighted by Gasteiger charge is -2.33. The first-order chi connectivity index (χ1) is 9.04. The fraction of sp³-hybridized carbons (Fsp3) is 0.857. The minimum absolute atomic E-state index is 0.00814. The first kappa shape index (κ1) is 14.5. The summed E-state index contributed by atoms with van der Waals surface area (Å²) < 4.78 is 11.2. The van der Waals surface area contributed by atoms with Crippen LogP contribution in [0.3, 0.4) is 0 Å². The highest BCUT2D eigenvalue weighted by molar-refractivity contribution is 5.10. The third kappa shape index (κ3) is 2.82. The maximum Gasteiger partial charge on any atom is 0.234 e. The van der Waals surface area contributed by atoms with Crippen molar-refractivity contribution in [1.29, 1.82) is 0 Å². The molecule has 19 heavy (non-hydrogen) atoms. The van der Waals surface area contributed by atoms with E-state index in [2.05, 4.69) is 22.4 Å². The maximum atomic E-state index is 5.68. The van der Waals surface area contributed by atoms with Crippen LogP contribution in [0, 0.1) is 0 Å². The SMILES string of the molecule is CCOC(C)(C)c1noc(C2(CC)CCCNC2)n1. The first-order valence-corrected chi connectivity index (χ1v) is 7.23. The fourth-order valence-corrected chi connectivity index (χ4v) is 2.71. The van der Waals surface area contributed by atoms with Crippen LogP contribution in [0.15, 0.2) is 4.52 Å². The lowest BCUT2D eigenvalue weighted by molar-refractivity contribution is -0.0221. The van der Waals surface area contributed by atoms with Crippen molar-refractivity contribution >= 4 is 0 Å². The molecule has 2 heterocycles. The summed E-state index contributed by atoms with van der Waals surface area (Å²) in [6.45, 7) is 10.7. The monoisotopic (exact) mass is 267 g/mol. The summed E-state index contributed by atoms with van der Waals surface area (Å²) in [6.07, 6.45) is 3.27. The molecular formula is C14H25N3O2. The van der Waals surface area contributed by atoms with E-state index in [0.29, 0.717) is 12.4 Å². The molecular weight excluding hydrogens is 242 g/mol. The van der Waals surface area contributed by atoms with Crippen LogP contribution >= 0.6 is 0 Å². The number of nitrogens with zero attached hydrogens (tertiary/aromatic N) is 2. The van der Waals surface area contributed by atoms with Gasteiger partial charge >= 0.3 is 0 Å². The zero-order valence-corrected chi connectivity index (χ0v) is 12.5. The summed E-state index contributed by atoms with van der Waals surface area (Å²) in [5.41, 5.74) is -0.501. The Hall–Kier alpha value is -0.940. The second kappa shape index (κ2) is 5.59. The molecule has 0 saturated carbocycles. The van der Waals surface area contributed by atoms with Gasteiger partial charge in [0.15, 0.2) is 0 Å². The second-order valence-corrected chi connectivity index (χ2v) is 5.78. The van der Waals surface area contributed by atoms with E-state index in [1.54, 1.807) is 0 Å². The molecule has 1 aromatic heterocycles. The third-order valence-electron chi connectivity index (χ3n) is 4.07. The predicted molar refractivity (Wildman–Crippen MR) is 73.0 cm³/mol. The third-order valence-corrected chi connectivity index (χ3v) is 4.07. The van der Waals surface area contributed by atoms with Gasteiger partial charge in [0.2, 0.25) is 11.7 Å². The van der Waals surface area contributed by atoms with Crippen LogP contribution in [-0.2, 0) is 15.8 Å². The van der Waals surface area contributed by atoms with E-state index in [9.17, 15) is 0 Å². The van der Waals surface area contributed by atoms with Crippen molar-refractivity contribution in [3.05, 3.63) is 11.7 Å². The number of hydrogen-bond acceptors (Lipinski definition) is 5. The molecule has 1 aliphatic heterocycles. The lowest BCUT2D eigenvalue weighted by Crippen LogP contribution is -2.43. The maximum absolute atomic E-state index is 5.68. The quantitative estimate of drug-likeness (QED) is 0.887. The predicted octanol–water partition coefficient (Wildman–Crippen LogP) is 2.37. The summed E-state index contributed by atoms with van der Waals surface area (Å²) in [7, 11) is 0. The highest BCUT2D eigenvalue weighted by Crippen LogP contribution is 2.34. The van der Waals surface area contributed by atoms with Crippen molar-refractivity contribution in [2.45, 2.75) is 58.0 Å². The Bertz CT molecular complexity index is 409. The Morgan fingerprint density at radius 3 is 2.79 bits per heavy atom. The van der Waals surface area contributed by atoms with Crippen LogP contribution in [-0.4, -0.2) is 29.8 Å². The average Bonchev–Trinajstić information content (AvgIpc) is 2.90. The molecule has 1 saturated heterocycles. The van der Waals surface area contributed by atoms with Crippen molar-refractivity contribution in [3.63, 3.8) is 0 Å². The largest absolute Gasteiger partial charge is 0.368 e.